The Morgan fingerprint density at radius 3 is 2.37 bits per heavy atom. The van der Waals surface area contributed by atoms with Crippen LogP contribution in [0.15, 0.2) is 51.8 Å². The van der Waals surface area contributed by atoms with Crippen LogP contribution in [0.25, 0.3) is 0 Å². The van der Waals surface area contributed by atoms with Crippen molar-refractivity contribution in [3.63, 3.8) is 0 Å². The lowest BCUT2D eigenvalue weighted by Gasteiger charge is -2.31. The molecule has 0 bridgehead atoms. The van der Waals surface area contributed by atoms with E-state index < -0.39 is 16.1 Å². The molecule has 0 radical (unpaired) electrons. The molecular formula is C25H32BrN3O4S2. The molecule has 0 aromatic heterocycles. The number of hydrogen-bond acceptors (Lipinski definition) is 5. The minimum atomic E-state index is -3.59. The zero-order valence-electron chi connectivity index (χ0n) is 20.2. The van der Waals surface area contributed by atoms with Gasteiger partial charge in [0.1, 0.15) is 6.04 Å². The predicted molar refractivity (Wildman–Crippen MR) is 145 cm³/mol. The van der Waals surface area contributed by atoms with Crippen molar-refractivity contribution in [1.82, 2.24) is 9.62 Å². The van der Waals surface area contributed by atoms with E-state index in [1.54, 1.807) is 36.0 Å². The van der Waals surface area contributed by atoms with Crippen molar-refractivity contribution < 1.29 is 18.0 Å². The third kappa shape index (κ3) is 7.31. The molecule has 7 nitrogen and oxygen atoms in total. The quantitative estimate of drug-likeness (QED) is 0.459. The van der Waals surface area contributed by atoms with Gasteiger partial charge in [0.25, 0.3) is 0 Å². The molecule has 1 atom stereocenters. The lowest BCUT2D eigenvalue weighted by atomic mass is 9.96. The van der Waals surface area contributed by atoms with Crippen LogP contribution in [0.5, 0.6) is 0 Å². The van der Waals surface area contributed by atoms with Crippen LogP contribution < -0.4 is 10.6 Å². The number of aryl methyl sites for hydroxylation is 2. The van der Waals surface area contributed by atoms with E-state index in [1.165, 1.54) is 4.31 Å². The smallest absolute Gasteiger partial charge is 0.246 e. The predicted octanol–water partition coefficient (Wildman–Crippen LogP) is 4.34. The second-order valence-electron chi connectivity index (χ2n) is 8.79. The summed E-state index contributed by atoms with van der Waals surface area (Å²) >= 11 is 5.07. The molecule has 35 heavy (non-hydrogen) atoms. The second-order valence-corrected chi connectivity index (χ2v) is 12.6. The number of benzene rings is 2. The molecule has 1 aliphatic heterocycles. The van der Waals surface area contributed by atoms with Crippen LogP contribution >= 0.6 is 27.7 Å². The van der Waals surface area contributed by atoms with Crippen molar-refractivity contribution in [1.29, 1.82) is 0 Å². The summed E-state index contributed by atoms with van der Waals surface area (Å²) in [5.74, 6) is -0.0663. The summed E-state index contributed by atoms with van der Waals surface area (Å²) in [7, 11) is -3.59. The maximum Gasteiger partial charge on any atom is 0.246 e. The van der Waals surface area contributed by atoms with Crippen molar-refractivity contribution in [3.05, 3.63) is 58.1 Å². The molecule has 0 saturated carbocycles. The van der Waals surface area contributed by atoms with Gasteiger partial charge in [0.05, 0.1) is 4.90 Å². The summed E-state index contributed by atoms with van der Waals surface area (Å²) in [5, 5.41) is 5.82. The molecule has 3 rings (SSSR count). The molecule has 0 spiro atoms. The fourth-order valence-corrected chi connectivity index (χ4v) is 6.15. The summed E-state index contributed by atoms with van der Waals surface area (Å²) < 4.78 is 28.3. The largest absolute Gasteiger partial charge is 0.344 e. The van der Waals surface area contributed by atoms with Gasteiger partial charge in [-0.15, -0.1) is 0 Å². The number of hydrogen-bond donors (Lipinski definition) is 2. The zero-order valence-corrected chi connectivity index (χ0v) is 23.4. The maximum atomic E-state index is 13.0. The highest BCUT2D eigenvalue weighted by molar-refractivity contribution is 9.10. The lowest BCUT2D eigenvalue weighted by molar-refractivity contribution is -0.130. The van der Waals surface area contributed by atoms with Crippen LogP contribution in [0.1, 0.15) is 30.4 Å². The first-order valence-corrected chi connectivity index (χ1v) is 15.2. The first-order chi connectivity index (χ1) is 16.6. The van der Waals surface area contributed by atoms with E-state index in [0.717, 1.165) is 21.4 Å². The lowest BCUT2D eigenvalue weighted by Crippen LogP contribution is -2.49. The molecule has 190 valence electrons. The molecule has 2 aromatic carbocycles. The number of anilines is 1. The van der Waals surface area contributed by atoms with E-state index in [1.807, 2.05) is 38.3 Å². The zero-order chi connectivity index (χ0) is 25.6. The highest BCUT2D eigenvalue weighted by Gasteiger charge is 2.33. The van der Waals surface area contributed by atoms with Gasteiger partial charge < -0.3 is 10.6 Å². The fraction of sp³-hybridized carbons (Fsp3) is 0.440. The second kappa shape index (κ2) is 12.4. The molecule has 0 aliphatic carbocycles. The van der Waals surface area contributed by atoms with Crippen molar-refractivity contribution in [2.45, 2.75) is 44.0 Å². The molecule has 1 saturated heterocycles. The van der Waals surface area contributed by atoms with Gasteiger partial charge in [-0.1, -0.05) is 33.6 Å². The Hall–Kier alpha value is -1.88. The van der Waals surface area contributed by atoms with Crippen molar-refractivity contribution in [2.24, 2.45) is 5.92 Å². The number of nitrogens with zero attached hydrogens (tertiary/aromatic N) is 1. The topological polar surface area (TPSA) is 95.6 Å². The Morgan fingerprint density at radius 1 is 1.11 bits per heavy atom. The summed E-state index contributed by atoms with van der Waals surface area (Å²) in [5.41, 5.74) is 2.67. The Kier molecular flexibility index (Phi) is 9.80. The van der Waals surface area contributed by atoms with Crippen LogP contribution in [0.3, 0.4) is 0 Å². The van der Waals surface area contributed by atoms with Crippen molar-refractivity contribution in [3.8, 4) is 0 Å². The average molecular weight is 583 g/mol. The Labute approximate surface area is 220 Å². The van der Waals surface area contributed by atoms with Crippen LogP contribution in [0, 0.1) is 19.8 Å². The minimum absolute atomic E-state index is 0.203. The number of sulfonamides is 1. The number of carbonyl (C=O) groups is 2. The van der Waals surface area contributed by atoms with Crippen LogP contribution in [0.2, 0.25) is 0 Å². The van der Waals surface area contributed by atoms with Gasteiger partial charge in [-0.05, 0) is 81.0 Å². The highest BCUT2D eigenvalue weighted by atomic mass is 79.9. The molecule has 2 N–H and O–H groups in total. The average Bonchev–Trinajstić information content (AvgIpc) is 2.84. The van der Waals surface area contributed by atoms with Crippen LogP contribution in [0.4, 0.5) is 5.69 Å². The first kappa shape index (κ1) is 27.7. The Morgan fingerprint density at radius 2 is 1.77 bits per heavy atom. The van der Waals surface area contributed by atoms with E-state index in [9.17, 15) is 18.0 Å². The normalized spacial score (nSPS) is 16.0. The third-order valence-electron chi connectivity index (χ3n) is 6.15. The molecule has 1 heterocycles. The van der Waals surface area contributed by atoms with Crippen LogP contribution in [-0.2, 0) is 19.6 Å². The summed E-state index contributed by atoms with van der Waals surface area (Å²) in [6, 6.07) is 11.7. The monoisotopic (exact) mass is 581 g/mol. The summed E-state index contributed by atoms with van der Waals surface area (Å²) in [4.78, 5) is 26.2. The number of piperidine rings is 1. The Balaban J connectivity index is 1.60. The van der Waals surface area contributed by atoms with E-state index in [2.05, 4.69) is 26.6 Å². The minimum Gasteiger partial charge on any atom is -0.344 e. The van der Waals surface area contributed by atoms with Crippen molar-refractivity contribution in [2.75, 3.05) is 30.4 Å². The molecule has 2 amide bonds. The summed E-state index contributed by atoms with van der Waals surface area (Å²) in [6.45, 7) is 4.40. The number of halogens is 1. The third-order valence-corrected chi connectivity index (χ3v) is 9.60. The number of rotatable bonds is 9. The maximum absolute atomic E-state index is 13.0. The molecule has 10 heteroatoms. The van der Waals surface area contributed by atoms with E-state index >= 15 is 0 Å². The van der Waals surface area contributed by atoms with Gasteiger partial charge in [0.2, 0.25) is 21.8 Å². The number of nitrogens with one attached hydrogen (secondary N) is 2. The molecule has 1 unspecified atom stereocenters. The van der Waals surface area contributed by atoms with Crippen LogP contribution in [-0.4, -0.2) is 55.7 Å². The molecule has 2 aromatic rings. The number of thioether (sulfide) groups is 1. The van der Waals surface area contributed by atoms with E-state index in [-0.39, 0.29) is 35.7 Å². The van der Waals surface area contributed by atoms with Gasteiger partial charge >= 0.3 is 0 Å². The van der Waals surface area contributed by atoms with E-state index in [0.29, 0.717) is 24.9 Å². The van der Waals surface area contributed by atoms with Gasteiger partial charge in [0, 0.05) is 29.2 Å². The number of carbonyl (C=O) groups excluding carboxylic acids is 2. The Bertz CT molecular complexity index is 1150. The first-order valence-electron chi connectivity index (χ1n) is 11.5. The molecule has 1 fully saturated rings. The standard InChI is InChI=1S/C25H32BrN3O4S2/c1-17-4-7-21(8-5-17)35(32,33)29-13-10-19(11-14-29)24(30)28-23(12-15-34-3)25(31)27-20-6-9-22(26)18(2)16-20/h4-9,16,19,23H,10-15H2,1-3H3,(H,27,31)(H,28,30). The highest BCUT2D eigenvalue weighted by Crippen LogP contribution is 2.25. The van der Waals surface area contributed by atoms with Crippen molar-refractivity contribution >= 4 is 55.2 Å². The van der Waals surface area contributed by atoms with Gasteiger partial charge in [-0.3, -0.25) is 9.59 Å². The SMILES string of the molecule is CSCCC(NC(=O)C1CCN(S(=O)(=O)c2ccc(C)cc2)CC1)C(=O)Nc1ccc(Br)c(C)c1. The number of amides is 2. The molecule has 1 aliphatic rings. The van der Waals surface area contributed by atoms with Gasteiger partial charge in [-0.25, -0.2) is 8.42 Å². The van der Waals surface area contributed by atoms with Gasteiger partial charge in [0.15, 0.2) is 0 Å². The molecular weight excluding hydrogens is 550 g/mol. The fourth-order valence-electron chi connectivity index (χ4n) is 3.96. The summed E-state index contributed by atoms with van der Waals surface area (Å²) in [6.07, 6.45) is 3.30. The van der Waals surface area contributed by atoms with E-state index in [4.69, 9.17) is 0 Å². The van der Waals surface area contributed by atoms with Gasteiger partial charge in [-0.2, -0.15) is 16.1 Å².